The fourth-order valence-electron chi connectivity index (χ4n) is 1.26. The van der Waals surface area contributed by atoms with Crippen molar-refractivity contribution in [2.75, 3.05) is 39.5 Å². The summed E-state index contributed by atoms with van der Waals surface area (Å²) in [5, 5.41) is 12.2. The van der Waals surface area contributed by atoms with Gasteiger partial charge in [0.05, 0.1) is 0 Å². The van der Waals surface area contributed by atoms with Gasteiger partial charge in [0.1, 0.15) is 6.33 Å². The highest BCUT2D eigenvalue weighted by Gasteiger charge is 1.99. The molecule has 5 nitrogen and oxygen atoms in total. The molecule has 6 heteroatoms. The summed E-state index contributed by atoms with van der Waals surface area (Å²) in [7, 11) is 6.17. The van der Waals surface area contributed by atoms with Crippen LogP contribution >= 0.6 is 11.8 Å². The van der Waals surface area contributed by atoms with E-state index in [0.717, 1.165) is 30.5 Å². The number of nitrogens with one attached hydrogen (secondary N) is 1. The van der Waals surface area contributed by atoms with Crippen LogP contribution in [0.4, 0.5) is 0 Å². The van der Waals surface area contributed by atoms with Crippen molar-refractivity contribution in [3.05, 3.63) is 6.33 Å². The zero-order valence-electron chi connectivity index (χ0n) is 10.3. The molecule has 0 aliphatic heterocycles. The van der Waals surface area contributed by atoms with Crippen molar-refractivity contribution in [1.29, 1.82) is 0 Å². The van der Waals surface area contributed by atoms with Crippen molar-refractivity contribution in [3.8, 4) is 0 Å². The van der Waals surface area contributed by atoms with Gasteiger partial charge in [0, 0.05) is 19.3 Å². The van der Waals surface area contributed by atoms with E-state index in [2.05, 4.69) is 34.5 Å². The Morgan fingerprint density at radius 3 is 2.88 bits per heavy atom. The van der Waals surface area contributed by atoms with Gasteiger partial charge in [0.15, 0.2) is 5.16 Å². The Balaban J connectivity index is 1.94. The van der Waals surface area contributed by atoms with Crippen LogP contribution in [0.15, 0.2) is 11.5 Å². The van der Waals surface area contributed by atoms with Crippen LogP contribution in [0, 0.1) is 0 Å². The van der Waals surface area contributed by atoms with Gasteiger partial charge < -0.3 is 14.8 Å². The Kier molecular flexibility index (Phi) is 6.44. The van der Waals surface area contributed by atoms with E-state index in [9.17, 15) is 0 Å². The van der Waals surface area contributed by atoms with Gasteiger partial charge in [-0.25, -0.2) is 0 Å². The van der Waals surface area contributed by atoms with E-state index in [0.29, 0.717) is 0 Å². The maximum atomic E-state index is 4.01. The first-order valence-electron chi connectivity index (χ1n) is 5.52. The third-order valence-corrected chi connectivity index (χ3v) is 3.17. The van der Waals surface area contributed by atoms with Gasteiger partial charge in [0.2, 0.25) is 0 Å². The second-order valence-electron chi connectivity index (χ2n) is 3.98. The molecule has 1 aromatic rings. The molecule has 92 valence electrons. The van der Waals surface area contributed by atoms with Crippen LogP contribution in [0.3, 0.4) is 0 Å². The van der Waals surface area contributed by atoms with Crippen LogP contribution in [-0.2, 0) is 7.05 Å². The zero-order valence-corrected chi connectivity index (χ0v) is 11.1. The second kappa shape index (κ2) is 7.65. The first-order valence-corrected chi connectivity index (χ1v) is 6.51. The Morgan fingerprint density at radius 2 is 2.25 bits per heavy atom. The summed E-state index contributed by atoms with van der Waals surface area (Å²) in [5.41, 5.74) is 0. The van der Waals surface area contributed by atoms with Crippen molar-refractivity contribution < 1.29 is 0 Å². The first kappa shape index (κ1) is 13.5. The normalized spacial score (nSPS) is 11.2. The largest absolute Gasteiger partial charge is 0.316 e. The van der Waals surface area contributed by atoms with Crippen LogP contribution in [-0.4, -0.2) is 59.1 Å². The molecule has 0 unspecified atom stereocenters. The number of rotatable bonds is 8. The fourth-order valence-corrected chi connectivity index (χ4v) is 2.05. The van der Waals surface area contributed by atoms with Crippen molar-refractivity contribution in [2.45, 2.75) is 11.6 Å². The molecule has 0 saturated heterocycles. The molecule has 1 heterocycles. The molecule has 0 radical (unpaired) electrons. The minimum atomic E-state index is 0.982. The molecule has 0 bridgehead atoms. The number of hydrogen-bond acceptors (Lipinski definition) is 5. The standard InChI is InChI=1S/C10H21N5S/c1-14(2)7-4-5-11-6-8-16-10-13-12-9-15(10)3/h9,11H,4-8H2,1-3H3. The average molecular weight is 243 g/mol. The average Bonchev–Trinajstić information content (AvgIpc) is 2.62. The van der Waals surface area contributed by atoms with E-state index in [1.54, 1.807) is 18.1 Å². The lowest BCUT2D eigenvalue weighted by Crippen LogP contribution is -2.23. The monoisotopic (exact) mass is 243 g/mol. The lowest BCUT2D eigenvalue weighted by Gasteiger charge is -2.09. The number of nitrogens with zero attached hydrogens (tertiary/aromatic N) is 4. The highest BCUT2D eigenvalue weighted by molar-refractivity contribution is 7.99. The van der Waals surface area contributed by atoms with Gasteiger partial charge in [-0.2, -0.15) is 0 Å². The first-order chi connectivity index (χ1) is 7.70. The van der Waals surface area contributed by atoms with E-state index in [1.165, 1.54) is 6.42 Å². The summed E-state index contributed by atoms with van der Waals surface area (Å²) < 4.78 is 1.94. The van der Waals surface area contributed by atoms with Gasteiger partial charge in [-0.15, -0.1) is 10.2 Å². The van der Waals surface area contributed by atoms with E-state index >= 15 is 0 Å². The number of thioether (sulfide) groups is 1. The lowest BCUT2D eigenvalue weighted by atomic mass is 10.4. The van der Waals surface area contributed by atoms with E-state index < -0.39 is 0 Å². The highest BCUT2D eigenvalue weighted by Crippen LogP contribution is 2.11. The van der Waals surface area contributed by atoms with Gasteiger partial charge in [-0.3, -0.25) is 0 Å². The highest BCUT2D eigenvalue weighted by atomic mass is 32.2. The number of aryl methyl sites for hydroxylation is 1. The molecule has 1 aromatic heterocycles. The van der Waals surface area contributed by atoms with Gasteiger partial charge in [0.25, 0.3) is 0 Å². The number of aromatic nitrogens is 3. The molecular weight excluding hydrogens is 222 g/mol. The third kappa shape index (κ3) is 5.48. The maximum Gasteiger partial charge on any atom is 0.190 e. The predicted molar refractivity (Wildman–Crippen MR) is 67.8 cm³/mol. The summed E-state index contributed by atoms with van der Waals surface area (Å²) >= 11 is 1.73. The van der Waals surface area contributed by atoms with Crippen molar-refractivity contribution in [2.24, 2.45) is 7.05 Å². The van der Waals surface area contributed by atoms with E-state index in [1.807, 2.05) is 11.6 Å². The topological polar surface area (TPSA) is 46.0 Å². The summed E-state index contributed by atoms with van der Waals surface area (Å²) in [6.45, 7) is 3.24. The lowest BCUT2D eigenvalue weighted by molar-refractivity contribution is 0.396. The van der Waals surface area contributed by atoms with Gasteiger partial charge in [-0.1, -0.05) is 11.8 Å². The molecule has 1 N–H and O–H groups in total. The Hall–Kier alpha value is -0.590. The van der Waals surface area contributed by atoms with Crippen LogP contribution < -0.4 is 5.32 Å². The Labute approximate surface area is 102 Å². The molecule has 0 amide bonds. The van der Waals surface area contributed by atoms with Crippen molar-refractivity contribution >= 4 is 11.8 Å². The summed E-state index contributed by atoms with van der Waals surface area (Å²) in [6, 6.07) is 0. The predicted octanol–water partition coefficient (Wildman–Crippen LogP) is 0.448. The maximum absolute atomic E-state index is 4.01. The molecule has 16 heavy (non-hydrogen) atoms. The molecule has 0 spiro atoms. The smallest absolute Gasteiger partial charge is 0.190 e. The van der Waals surface area contributed by atoms with Crippen molar-refractivity contribution in [1.82, 2.24) is 25.0 Å². The third-order valence-electron chi connectivity index (χ3n) is 2.14. The molecule has 0 aliphatic carbocycles. The molecule has 0 aromatic carbocycles. The van der Waals surface area contributed by atoms with Gasteiger partial charge in [-0.05, 0) is 33.6 Å². The van der Waals surface area contributed by atoms with Crippen LogP contribution in [0.1, 0.15) is 6.42 Å². The molecule has 0 aliphatic rings. The molecule has 0 saturated carbocycles. The zero-order chi connectivity index (χ0) is 11.8. The van der Waals surface area contributed by atoms with Crippen molar-refractivity contribution in [3.63, 3.8) is 0 Å². The van der Waals surface area contributed by atoms with Crippen LogP contribution in [0.25, 0.3) is 0 Å². The molecular formula is C10H21N5S. The molecule has 1 rings (SSSR count). The summed E-state index contributed by atoms with van der Waals surface area (Å²) in [5.74, 6) is 1.04. The Morgan fingerprint density at radius 1 is 1.44 bits per heavy atom. The minimum Gasteiger partial charge on any atom is -0.316 e. The van der Waals surface area contributed by atoms with Gasteiger partial charge >= 0.3 is 0 Å². The molecule has 0 atom stereocenters. The Bertz CT molecular complexity index is 286. The van der Waals surface area contributed by atoms with E-state index in [4.69, 9.17) is 0 Å². The van der Waals surface area contributed by atoms with Crippen LogP contribution in [0.5, 0.6) is 0 Å². The molecule has 0 fully saturated rings. The fraction of sp³-hybridized carbons (Fsp3) is 0.800. The quantitative estimate of drug-likeness (QED) is 0.530. The SMILES string of the molecule is CN(C)CCCNCCSc1nncn1C. The summed E-state index contributed by atoms with van der Waals surface area (Å²) in [6.07, 6.45) is 2.93. The van der Waals surface area contributed by atoms with E-state index in [-0.39, 0.29) is 0 Å². The second-order valence-corrected chi connectivity index (χ2v) is 5.04. The summed E-state index contributed by atoms with van der Waals surface area (Å²) in [4.78, 5) is 2.20. The minimum absolute atomic E-state index is 0.982. The van der Waals surface area contributed by atoms with Crippen LogP contribution in [0.2, 0.25) is 0 Å². The number of hydrogen-bond donors (Lipinski definition) is 1.